The molecule has 0 atom stereocenters. The summed E-state index contributed by atoms with van der Waals surface area (Å²) in [5.74, 6) is 1.52. The molecule has 1 amide bonds. The minimum Gasteiger partial charge on any atom is -0.493 e. The van der Waals surface area contributed by atoms with Gasteiger partial charge in [0.25, 0.3) is 0 Å². The predicted molar refractivity (Wildman–Crippen MR) is 80.5 cm³/mol. The van der Waals surface area contributed by atoms with Gasteiger partial charge in [-0.15, -0.1) is 0 Å². The van der Waals surface area contributed by atoms with Crippen molar-refractivity contribution in [1.29, 1.82) is 0 Å². The van der Waals surface area contributed by atoms with E-state index in [4.69, 9.17) is 15.2 Å². The molecule has 0 aliphatic heterocycles. The van der Waals surface area contributed by atoms with E-state index in [1.165, 1.54) is 6.20 Å². The summed E-state index contributed by atoms with van der Waals surface area (Å²) in [6.45, 7) is 0. The van der Waals surface area contributed by atoms with Crippen LogP contribution >= 0.6 is 0 Å². The van der Waals surface area contributed by atoms with Gasteiger partial charge in [0.1, 0.15) is 5.82 Å². The van der Waals surface area contributed by atoms with E-state index in [0.29, 0.717) is 23.0 Å². The molecular formula is C15H17N3O3. The lowest BCUT2D eigenvalue weighted by Gasteiger charge is -2.09. The normalized spacial score (nSPS) is 10.0. The molecule has 1 aromatic carbocycles. The molecule has 0 unspecified atom stereocenters. The SMILES string of the molecule is COc1ccc(CC(=O)Nc2ccc(N)cn2)cc1OC. The zero-order valence-corrected chi connectivity index (χ0v) is 11.9. The first-order valence-electron chi connectivity index (χ1n) is 6.34. The Morgan fingerprint density at radius 1 is 1.19 bits per heavy atom. The van der Waals surface area contributed by atoms with E-state index in [1.807, 2.05) is 6.07 Å². The minimum absolute atomic E-state index is 0.167. The van der Waals surface area contributed by atoms with Crippen molar-refractivity contribution in [1.82, 2.24) is 4.98 Å². The topological polar surface area (TPSA) is 86.5 Å². The Morgan fingerprint density at radius 3 is 2.57 bits per heavy atom. The Hall–Kier alpha value is -2.76. The van der Waals surface area contributed by atoms with Crippen LogP contribution < -0.4 is 20.5 Å². The zero-order chi connectivity index (χ0) is 15.2. The van der Waals surface area contributed by atoms with Crippen molar-refractivity contribution in [3.8, 4) is 11.5 Å². The maximum absolute atomic E-state index is 12.0. The Kier molecular flexibility index (Phi) is 4.61. The number of nitrogen functional groups attached to an aromatic ring is 1. The van der Waals surface area contributed by atoms with Crippen LogP contribution in [0.2, 0.25) is 0 Å². The van der Waals surface area contributed by atoms with E-state index in [2.05, 4.69) is 10.3 Å². The van der Waals surface area contributed by atoms with Crippen LogP contribution in [0.25, 0.3) is 0 Å². The highest BCUT2D eigenvalue weighted by molar-refractivity contribution is 5.91. The molecule has 6 nitrogen and oxygen atoms in total. The van der Waals surface area contributed by atoms with E-state index >= 15 is 0 Å². The van der Waals surface area contributed by atoms with Crippen molar-refractivity contribution in [2.45, 2.75) is 6.42 Å². The molecule has 2 rings (SSSR count). The maximum Gasteiger partial charge on any atom is 0.229 e. The Balaban J connectivity index is 2.04. The highest BCUT2D eigenvalue weighted by atomic mass is 16.5. The summed E-state index contributed by atoms with van der Waals surface area (Å²) in [6.07, 6.45) is 1.71. The Bertz CT molecular complexity index is 627. The van der Waals surface area contributed by atoms with Crippen LogP contribution in [-0.2, 0) is 11.2 Å². The van der Waals surface area contributed by atoms with Gasteiger partial charge in [0.2, 0.25) is 5.91 Å². The second-order valence-electron chi connectivity index (χ2n) is 4.39. The number of carbonyl (C=O) groups is 1. The van der Waals surface area contributed by atoms with E-state index in [1.54, 1.807) is 38.5 Å². The number of methoxy groups -OCH3 is 2. The van der Waals surface area contributed by atoms with Crippen molar-refractivity contribution in [2.24, 2.45) is 0 Å². The lowest BCUT2D eigenvalue weighted by molar-refractivity contribution is -0.115. The highest BCUT2D eigenvalue weighted by Gasteiger charge is 2.09. The number of nitrogens with two attached hydrogens (primary N) is 1. The molecule has 1 aromatic heterocycles. The summed E-state index contributed by atoms with van der Waals surface area (Å²) in [5, 5.41) is 2.71. The lowest BCUT2D eigenvalue weighted by atomic mass is 10.1. The van der Waals surface area contributed by atoms with Crippen molar-refractivity contribution in [3.63, 3.8) is 0 Å². The minimum atomic E-state index is -0.167. The summed E-state index contributed by atoms with van der Waals surface area (Å²) in [7, 11) is 3.12. The Labute approximate surface area is 122 Å². The van der Waals surface area contributed by atoms with Crippen molar-refractivity contribution in [3.05, 3.63) is 42.1 Å². The molecule has 0 aliphatic rings. The smallest absolute Gasteiger partial charge is 0.229 e. The first-order valence-corrected chi connectivity index (χ1v) is 6.34. The second kappa shape index (κ2) is 6.60. The van der Waals surface area contributed by atoms with Gasteiger partial charge in [0.15, 0.2) is 11.5 Å². The van der Waals surface area contributed by atoms with Crippen molar-refractivity contribution in [2.75, 3.05) is 25.3 Å². The molecule has 1 heterocycles. The fourth-order valence-electron chi connectivity index (χ4n) is 1.84. The molecule has 21 heavy (non-hydrogen) atoms. The van der Waals surface area contributed by atoms with E-state index in [-0.39, 0.29) is 12.3 Å². The van der Waals surface area contributed by atoms with Gasteiger partial charge < -0.3 is 20.5 Å². The molecule has 6 heteroatoms. The number of ether oxygens (including phenoxy) is 2. The molecule has 0 saturated heterocycles. The van der Waals surface area contributed by atoms with Crippen molar-refractivity contribution >= 4 is 17.4 Å². The summed E-state index contributed by atoms with van der Waals surface area (Å²) >= 11 is 0. The highest BCUT2D eigenvalue weighted by Crippen LogP contribution is 2.27. The lowest BCUT2D eigenvalue weighted by Crippen LogP contribution is -2.15. The Morgan fingerprint density at radius 2 is 1.95 bits per heavy atom. The van der Waals surface area contributed by atoms with E-state index < -0.39 is 0 Å². The van der Waals surface area contributed by atoms with Crippen LogP contribution in [0, 0.1) is 0 Å². The third kappa shape index (κ3) is 3.85. The standard InChI is InChI=1S/C15H17N3O3/c1-20-12-5-3-10(7-13(12)21-2)8-15(19)18-14-6-4-11(16)9-17-14/h3-7,9H,8,16H2,1-2H3,(H,17,18,19). The number of benzene rings is 1. The molecule has 0 radical (unpaired) electrons. The van der Waals surface area contributed by atoms with Gasteiger partial charge in [0.05, 0.1) is 32.5 Å². The average molecular weight is 287 g/mol. The first-order chi connectivity index (χ1) is 10.1. The number of rotatable bonds is 5. The van der Waals surface area contributed by atoms with Crippen LogP contribution in [0.4, 0.5) is 11.5 Å². The van der Waals surface area contributed by atoms with Crippen LogP contribution in [-0.4, -0.2) is 25.1 Å². The zero-order valence-electron chi connectivity index (χ0n) is 11.9. The maximum atomic E-state index is 12.0. The average Bonchev–Trinajstić information content (AvgIpc) is 2.49. The summed E-state index contributed by atoms with van der Waals surface area (Å²) in [6, 6.07) is 8.69. The van der Waals surface area contributed by atoms with Gasteiger partial charge in [-0.2, -0.15) is 0 Å². The van der Waals surface area contributed by atoms with Crippen LogP contribution in [0.3, 0.4) is 0 Å². The molecular weight excluding hydrogens is 270 g/mol. The molecule has 0 aliphatic carbocycles. The van der Waals surface area contributed by atoms with Gasteiger partial charge in [-0.3, -0.25) is 4.79 Å². The quantitative estimate of drug-likeness (QED) is 0.876. The number of aromatic nitrogens is 1. The number of hydrogen-bond acceptors (Lipinski definition) is 5. The summed E-state index contributed by atoms with van der Waals surface area (Å²) in [4.78, 5) is 16.0. The van der Waals surface area contributed by atoms with Crippen LogP contribution in [0.15, 0.2) is 36.5 Å². The fourth-order valence-corrected chi connectivity index (χ4v) is 1.84. The number of carbonyl (C=O) groups excluding carboxylic acids is 1. The second-order valence-corrected chi connectivity index (χ2v) is 4.39. The summed E-state index contributed by atoms with van der Waals surface area (Å²) in [5.41, 5.74) is 6.91. The van der Waals surface area contributed by atoms with Gasteiger partial charge >= 0.3 is 0 Å². The molecule has 0 saturated carbocycles. The van der Waals surface area contributed by atoms with Crippen molar-refractivity contribution < 1.29 is 14.3 Å². The third-order valence-corrected chi connectivity index (χ3v) is 2.87. The number of hydrogen-bond donors (Lipinski definition) is 2. The molecule has 3 N–H and O–H groups in total. The van der Waals surface area contributed by atoms with Gasteiger partial charge in [-0.1, -0.05) is 6.07 Å². The van der Waals surface area contributed by atoms with E-state index in [0.717, 1.165) is 5.56 Å². The fraction of sp³-hybridized carbons (Fsp3) is 0.200. The number of nitrogens with zero attached hydrogens (tertiary/aromatic N) is 1. The molecule has 2 aromatic rings. The molecule has 0 spiro atoms. The monoisotopic (exact) mass is 287 g/mol. The largest absolute Gasteiger partial charge is 0.493 e. The number of pyridine rings is 1. The number of amides is 1. The third-order valence-electron chi connectivity index (χ3n) is 2.87. The number of nitrogens with one attached hydrogen (secondary N) is 1. The van der Waals surface area contributed by atoms with Crippen LogP contribution in [0.5, 0.6) is 11.5 Å². The van der Waals surface area contributed by atoms with Gasteiger partial charge in [-0.25, -0.2) is 4.98 Å². The molecule has 0 bridgehead atoms. The first kappa shape index (κ1) is 14.6. The van der Waals surface area contributed by atoms with Gasteiger partial charge in [0, 0.05) is 0 Å². The van der Waals surface area contributed by atoms with E-state index in [9.17, 15) is 4.79 Å². The molecule has 110 valence electrons. The number of anilines is 2. The summed E-state index contributed by atoms with van der Waals surface area (Å²) < 4.78 is 10.4. The predicted octanol–water partition coefficient (Wildman–Crippen LogP) is 1.86. The van der Waals surface area contributed by atoms with Gasteiger partial charge in [-0.05, 0) is 29.8 Å². The van der Waals surface area contributed by atoms with Crippen LogP contribution in [0.1, 0.15) is 5.56 Å². The molecule has 0 fully saturated rings.